The number of phenolic OH excluding ortho intramolecular Hbond substituents is 1. The molecule has 0 saturated carbocycles. The Morgan fingerprint density at radius 1 is 1.62 bits per heavy atom. The molecule has 1 aromatic rings. The third-order valence-electron chi connectivity index (χ3n) is 1.70. The number of nitrogens with zero attached hydrogens (tertiary/aromatic N) is 1. The van der Waals surface area contributed by atoms with E-state index in [-0.39, 0.29) is 12.2 Å². The molecule has 0 aromatic heterocycles. The zero-order valence-corrected chi connectivity index (χ0v) is 7.62. The van der Waals surface area contributed by atoms with E-state index in [4.69, 9.17) is 22.6 Å². The quantitative estimate of drug-likeness (QED) is 0.760. The summed E-state index contributed by atoms with van der Waals surface area (Å²) in [6.45, 7) is 0. The molecule has 0 unspecified atom stereocenters. The van der Waals surface area contributed by atoms with E-state index in [1.807, 2.05) is 6.07 Å². The number of phenols is 1. The number of hydrogen-bond donors (Lipinski definition) is 2. The number of benzene rings is 1. The van der Waals surface area contributed by atoms with Gasteiger partial charge in [0.1, 0.15) is 5.75 Å². The molecule has 68 valence electrons. The molecular formula is C9H9ClN2O. The highest BCUT2D eigenvalue weighted by molar-refractivity contribution is 6.30. The van der Waals surface area contributed by atoms with Crippen molar-refractivity contribution in [2.24, 2.45) is 5.73 Å². The van der Waals surface area contributed by atoms with Crippen LogP contribution in [0.5, 0.6) is 5.75 Å². The van der Waals surface area contributed by atoms with E-state index >= 15 is 0 Å². The fourth-order valence-corrected chi connectivity index (χ4v) is 1.21. The molecule has 0 fully saturated rings. The van der Waals surface area contributed by atoms with Crippen LogP contribution in [0.3, 0.4) is 0 Å². The lowest BCUT2D eigenvalue weighted by Crippen LogP contribution is -2.09. The van der Waals surface area contributed by atoms with Gasteiger partial charge in [-0.1, -0.05) is 17.7 Å². The van der Waals surface area contributed by atoms with Crippen LogP contribution in [0.25, 0.3) is 0 Å². The molecule has 3 nitrogen and oxygen atoms in total. The molecule has 0 spiro atoms. The van der Waals surface area contributed by atoms with Crippen LogP contribution in [0, 0.1) is 11.3 Å². The van der Waals surface area contributed by atoms with Crippen molar-refractivity contribution >= 4 is 11.6 Å². The van der Waals surface area contributed by atoms with Gasteiger partial charge in [0, 0.05) is 16.6 Å². The highest BCUT2D eigenvalue weighted by Crippen LogP contribution is 2.27. The smallest absolute Gasteiger partial charge is 0.121 e. The molecule has 13 heavy (non-hydrogen) atoms. The molecule has 0 aliphatic rings. The van der Waals surface area contributed by atoms with Crippen molar-refractivity contribution in [2.75, 3.05) is 0 Å². The molecule has 4 heteroatoms. The molecule has 0 heterocycles. The normalized spacial score (nSPS) is 12.1. The highest BCUT2D eigenvalue weighted by Gasteiger charge is 2.10. The lowest BCUT2D eigenvalue weighted by Gasteiger charge is -2.09. The van der Waals surface area contributed by atoms with Crippen molar-refractivity contribution < 1.29 is 5.11 Å². The average Bonchev–Trinajstić information content (AvgIpc) is 2.04. The predicted molar refractivity (Wildman–Crippen MR) is 50.3 cm³/mol. The van der Waals surface area contributed by atoms with Crippen molar-refractivity contribution in [3.8, 4) is 11.8 Å². The van der Waals surface area contributed by atoms with Crippen molar-refractivity contribution in [1.82, 2.24) is 0 Å². The van der Waals surface area contributed by atoms with Gasteiger partial charge in [-0.05, 0) is 12.1 Å². The maximum Gasteiger partial charge on any atom is 0.121 e. The van der Waals surface area contributed by atoms with Crippen LogP contribution < -0.4 is 5.73 Å². The Kier molecular flexibility index (Phi) is 3.13. The van der Waals surface area contributed by atoms with Crippen molar-refractivity contribution in [1.29, 1.82) is 5.26 Å². The Balaban J connectivity index is 2.96. The van der Waals surface area contributed by atoms with Crippen molar-refractivity contribution in [2.45, 2.75) is 12.5 Å². The lowest BCUT2D eigenvalue weighted by molar-refractivity contribution is 0.462. The predicted octanol–water partition coefficient (Wildman–Crippen LogP) is 1.96. The number of halogens is 1. The Bertz CT molecular complexity index is 346. The van der Waals surface area contributed by atoms with Gasteiger partial charge < -0.3 is 10.8 Å². The fraction of sp³-hybridized carbons (Fsp3) is 0.222. The van der Waals surface area contributed by atoms with Crippen LogP contribution in [-0.2, 0) is 0 Å². The summed E-state index contributed by atoms with van der Waals surface area (Å²) in [5.41, 5.74) is 6.18. The van der Waals surface area contributed by atoms with Crippen LogP contribution >= 0.6 is 11.6 Å². The van der Waals surface area contributed by atoms with Crippen LogP contribution in [0.1, 0.15) is 18.0 Å². The topological polar surface area (TPSA) is 70.0 Å². The first-order chi connectivity index (χ1) is 6.15. The third kappa shape index (κ3) is 2.35. The van der Waals surface area contributed by atoms with Gasteiger partial charge in [-0.25, -0.2) is 0 Å². The largest absolute Gasteiger partial charge is 0.508 e. The van der Waals surface area contributed by atoms with E-state index in [2.05, 4.69) is 0 Å². The lowest BCUT2D eigenvalue weighted by atomic mass is 10.0. The van der Waals surface area contributed by atoms with Gasteiger partial charge in [0.25, 0.3) is 0 Å². The number of aromatic hydroxyl groups is 1. The summed E-state index contributed by atoms with van der Waals surface area (Å²) in [7, 11) is 0. The second-order valence-corrected chi connectivity index (χ2v) is 3.11. The standard InChI is InChI=1S/C9H9ClN2O/c10-6-1-2-7(9(13)5-6)8(12)3-4-11/h1-2,5,8,13H,3,12H2/t8-/m1/s1. The van der Waals surface area contributed by atoms with E-state index in [0.717, 1.165) is 0 Å². The molecule has 0 aliphatic heterocycles. The Labute approximate surface area is 81.4 Å². The fourth-order valence-electron chi connectivity index (χ4n) is 1.04. The summed E-state index contributed by atoms with van der Waals surface area (Å²) in [6, 6.07) is 6.15. The summed E-state index contributed by atoms with van der Waals surface area (Å²) >= 11 is 5.63. The van der Waals surface area contributed by atoms with Crippen LogP contribution in [0.2, 0.25) is 5.02 Å². The first-order valence-electron chi connectivity index (χ1n) is 3.76. The minimum absolute atomic E-state index is 0.0373. The monoisotopic (exact) mass is 196 g/mol. The first kappa shape index (κ1) is 9.85. The van der Waals surface area contributed by atoms with Gasteiger partial charge in [0.15, 0.2) is 0 Å². The van der Waals surface area contributed by atoms with Gasteiger partial charge in [0.2, 0.25) is 0 Å². The van der Waals surface area contributed by atoms with Crippen LogP contribution in [0.4, 0.5) is 0 Å². The van der Waals surface area contributed by atoms with Gasteiger partial charge in [-0.2, -0.15) is 5.26 Å². The van der Waals surface area contributed by atoms with E-state index in [9.17, 15) is 5.11 Å². The van der Waals surface area contributed by atoms with Gasteiger partial charge >= 0.3 is 0 Å². The summed E-state index contributed by atoms with van der Waals surface area (Å²) in [4.78, 5) is 0. The van der Waals surface area contributed by atoms with Gasteiger partial charge in [-0.3, -0.25) is 0 Å². The third-order valence-corrected chi connectivity index (χ3v) is 1.94. The number of rotatable bonds is 2. The highest BCUT2D eigenvalue weighted by atomic mass is 35.5. The maximum atomic E-state index is 9.41. The Morgan fingerprint density at radius 3 is 2.85 bits per heavy atom. The van der Waals surface area contributed by atoms with Crippen molar-refractivity contribution in [3.05, 3.63) is 28.8 Å². The molecule has 1 atom stereocenters. The molecular weight excluding hydrogens is 188 g/mol. The number of nitriles is 1. The summed E-state index contributed by atoms with van der Waals surface area (Å²) in [6.07, 6.45) is 0.176. The number of nitrogens with two attached hydrogens (primary N) is 1. The van der Waals surface area contributed by atoms with Crippen LogP contribution in [0.15, 0.2) is 18.2 Å². The molecule has 1 aromatic carbocycles. The summed E-state index contributed by atoms with van der Waals surface area (Å²) in [5.74, 6) is 0.0373. The SMILES string of the molecule is N#CC[C@@H](N)c1ccc(Cl)cc1O. The molecule has 0 saturated heterocycles. The van der Waals surface area contributed by atoms with E-state index in [1.165, 1.54) is 6.07 Å². The molecule has 3 N–H and O–H groups in total. The van der Waals surface area contributed by atoms with Gasteiger partial charge in [0.05, 0.1) is 12.5 Å². The molecule has 0 amide bonds. The first-order valence-corrected chi connectivity index (χ1v) is 4.14. The zero-order chi connectivity index (χ0) is 9.84. The van der Waals surface area contributed by atoms with Crippen LogP contribution in [-0.4, -0.2) is 5.11 Å². The van der Waals surface area contributed by atoms with E-state index in [1.54, 1.807) is 12.1 Å². The van der Waals surface area contributed by atoms with Crippen molar-refractivity contribution in [3.63, 3.8) is 0 Å². The molecule has 1 rings (SSSR count). The Morgan fingerprint density at radius 2 is 2.31 bits per heavy atom. The van der Waals surface area contributed by atoms with E-state index < -0.39 is 6.04 Å². The minimum Gasteiger partial charge on any atom is -0.508 e. The Hall–Kier alpha value is -1.24. The summed E-state index contributed by atoms with van der Waals surface area (Å²) in [5, 5.41) is 18.3. The maximum absolute atomic E-state index is 9.41. The second-order valence-electron chi connectivity index (χ2n) is 2.67. The molecule has 0 radical (unpaired) electrons. The summed E-state index contributed by atoms with van der Waals surface area (Å²) < 4.78 is 0. The second kappa shape index (κ2) is 4.13. The average molecular weight is 197 g/mol. The zero-order valence-electron chi connectivity index (χ0n) is 6.87. The van der Waals surface area contributed by atoms with E-state index in [0.29, 0.717) is 10.6 Å². The number of hydrogen-bond acceptors (Lipinski definition) is 3. The molecule has 0 aliphatic carbocycles. The minimum atomic E-state index is -0.456. The van der Waals surface area contributed by atoms with Gasteiger partial charge in [-0.15, -0.1) is 0 Å². The molecule has 0 bridgehead atoms.